The lowest BCUT2D eigenvalue weighted by molar-refractivity contribution is -0.0212. The van der Waals surface area contributed by atoms with Crippen molar-refractivity contribution in [2.75, 3.05) is 44.2 Å². The summed E-state index contributed by atoms with van der Waals surface area (Å²) < 4.78 is 5.60. The van der Waals surface area contributed by atoms with Crippen molar-refractivity contribution in [2.45, 2.75) is 26.0 Å². The van der Waals surface area contributed by atoms with E-state index in [4.69, 9.17) is 4.74 Å². The van der Waals surface area contributed by atoms with E-state index in [0.717, 1.165) is 57.9 Å². The maximum Gasteiger partial charge on any atom is 0.251 e. The zero-order chi connectivity index (χ0) is 20.1. The molecule has 0 radical (unpaired) electrons. The first-order valence-electron chi connectivity index (χ1n) is 10.7. The topological polar surface area (TPSA) is 44.8 Å². The number of carbonyl (C=O) groups is 1. The number of anilines is 1. The van der Waals surface area contributed by atoms with Gasteiger partial charge in [0, 0.05) is 50.5 Å². The van der Waals surface area contributed by atoms with Crippen LogP contribution in [0.15, 0.2) is 54.6 Å². The molecule has 0 aromatic heterocycles. The summed E-state index contributed by atoms with van der Waals surface area (Å²) in [5.74, 6) is 0.524. The fraction of sp³-hybridized carbons (Fsp3) is 0.458. The van der Waals surface area contributed by atoms with Crippen LogP contribution in [0.2, 0.25) is 0 Å². The van der Waals surface area contributed by atoms with Crippen molar-refractivity contribution in [1.82, 2.24) is 10.2 Å². The van der Waals surface area contributed by atoms with Gasteiger partial charge in [-0.25, -0.2) is 0 Å². The maximum atomic E-state index is 12.5. The van der Waals surface area contributed by atoms with E-state index in [1.807, 2.05) is 18.2 Å². The molecule has 29 heavy (non-hydrogen) atoms. The van der Waals surface area contributed by atoms with Crippen molar-refractivity contribution in [2.24, 2.45) is 5.92 Å². The van der Waals surface area contributed by atoms with Gasteiger partial charge in [-0.3, -0.25) is 9.69 Å². The highest BCUT2D eigenvalue weighted by Gasteiger charge is 2.23. The SMILES string of the molecule is C[C@@H]1CN(Cc2ccc(C(=O)NC[C@@H]3CCN(c4ccccc4)C3)cc2)CCO1. The van der Waals surface area contributed by atoms with Crippen molar-refractivity contribution in [1.29, 1.82) is 0 Å². The van der Waals surface area contributed by atoms with Gasteiger partial charge < -0.3 is 15.0 Å². The van der Waals surface area contributed by atoms with Crippen LogP contribution in [-0.4, -0.2) is 56.2 Å². The van der Waals surface area contributed by atoms with Gasteiger partial charge in [-0.05, 0) is 49.1 Å². The average molecular weight is 394 g/mol. The van der Waals surface area contributed by atoms with Crippen LogP contribution in [0.1, 0.15) is 29.3 Å². The molecular weight excluding hydrogens is 362 g/mol. The number of benzene rings is 2. The molecule has 2 saturated heterocycles. The van der Waals surface area contributed by atoms with Crippen LogP contribution in [0.5, 0.6) is 0 Å². The van der Waals surface area contributed by atoms with Gasteiger partial charge in [0.2, 0.25) is 0 Å². The molecule has 1 amide bonds. The van der Waals surface area contributed by atoms with Crippen molar-refractivity contribution in [3.8, 4) is 0 Å². The number of carbonyl (C=O) groups excluding carboxylic acids is 1. The number of hydrogen-bond donors (Lipinski definition) is 1. The van der Waals surface area contributed by atoms with Crippen LogP contribution in [0.3, 0.4) is 0 Å². The molecule has 0 unspecified atom stereocenters. The minimum atomic E-state index is 0.0229. The molecule has 0 aliphatic carbocycles. The predicted octanol–water partition coefficient (Wildman–Crippen LogP) is 3.16. The third-order valence-electron chi connectivity index (χ3n) is 5.91. The molecule has 2 aliphatic rings. The molecule has 4 rings (SSSR count). The van der Waals surface area contributed by atoms with Crippen LogP contribution < -0.4 is 10.2 Å². The van der Waals surface area contributed by atoms with E-state index in [1.54, 1.807) is 0 Å². The summed E-state index contributed by atoms with van der Waals surface area (Å²) in [4.78, 5) is 17.4. The standard InChI is InChI=1S/C24H31N3O2/c1-19-16-26(13-14-29-19)17-20-7-9-22(10-8-20)24(28)25-15-21-11-12-27(18-21)23-5-3-2-4-6-23/h2-10,19,21H,11-18H2,1H3,(H,25,28)/t19-,21+/m1/s1. The fourth-order valence-electron chi connectivity index (χ4n) is 4.27. The molecule has 2 fully saturated rings. The van der Waals surface area contributed by atoms with Crippen LogP contribution in [0.4, 0.5) is 5.69 Å². The highest BCUT2D eigenvalue weighted by atomic mass is 16.5. The zero-order valence-electron chi connectivity index (χ0n) is 17.2. The Morgan fingerprint density at radius 1 is 1.07 bits per heavy atom. The highest BCUT2D eigenvalue weighted by Crippen LogP contribution is 2.23. The van der Waals surface area contributed by atoms with Gasteiger partial charge in [-0.1, -0.05) is 30.3 Å². The van der Waals surface area contributed by atoms with E-state index in [2.05, 4.69) is 58.4 Å². The molecular formula is C24H31N3O2. The van der Waals surface area contributed by atoms with Gasteiger partial charge in [0.25, 0.3) is 5.91 Å². The second-order valence-electron chi connectivity index (χ2n) is 8.26. The number of ether oxygens (including phenoxy) is 1. The highest BCUT2D eigenvalue weighted by molar-refractivity contribution is 5.94. The number of para-hydroxylation sites is 1. The second-order valence-corrected chi connectivity index (χ2v) is 8.26. The molecule has 2 aromatic carbocycles. The third kappa shape index (κ3) is 5.37. The number of hydrogen-bond acceptors (Lipinski definition) is 4. The minimum absolute atomic E-state index is 0.0229. The normalized spacial score (nSPS) is 22.6. The molecule has 2 aliphatic heterocycles. The monoisotopic (exact) mass is 393 g/mol. The van der Waals surface area contributed by atoms with Gasteiger partial charge in [0.15, 0.2) is 0 Å². The van der Waals surface area contributed by atoms with Crippen LogP contribution in [0.25, 0.3) is 0 Å². The van der Waals surface area contributed by atoms with Gasteiger partial charge >= 0.3 is 0 Å². The van der Waals surface area contributed by atoms with E-state index in [0.29, 0.717) is 12.0 Å². The van der Waals surface area contributed by atoms with Crippen LogP contribution >= 0.6 is 0 Å². The average Bonchev–Trinajstić information content (AvgIpc) is 3.22. The summed E-state index contributed by atoms with van der Waals surface area (Å²) in [6, 6.07) is 18.5. The van der Waals surface area contributed by atoms with Gasteiger partial charge in [-0.15, -0.1) is 0 Å². The summed E-state index contributed by atoms with van der Waals surface area (Å²) in [5, 5.41) is 3.13. The maximum absolute atomic E-state index is 12.5. The number of nitrogens with zero attached hydrogens (tertiary/aromatic N) is 2. The first-order chi connectivity index (χ1) is 14.2. The molecule has 1 N–H and O–H groups in total. The molecule has 2 aromatic rings. The quantitative estimate of drug-likeness (QED) is 0.819. The second kappa shape index (κ2) is 9.42. The molecule has 0 saturated carbocycles. The Hall–Kier alpha value is -2.37. The molecule has 154 valence electrons. The van der Waals surface area contributed by atoms with E-state index >= 15 is 0 Å². The lowest BCUT2D eigenvalue weighted by atomic mass is 10.1. The van der Waals surface area contributed by atoms with E-state index in [-0.39, 0.29) is 5.91 Å². The number of rotatable bonds is 6. The lowest BCUT2D eigenvalue weighted by Crippen LogP contribution is -2.40. The summed E-state index contributed by atoms with van der Waals surface area (Å²) in [6.07, 6.45) is 1.41. The van der Waals surface area contributed by atoms with Gasteiger partial charge in [-0.2, -0.15) is 0 Å². The molecule has 0 spiro atoms. The Morgan fingerprint density at radius 3 is 2.62 bits per heavy atom. The lowest BCUT2D eigenvalue weighted by Gasteiger charge is -2.31. The third-order valence-corrected chi connectivity index (χ3v) is 5.91. The van der Waals surface area contributed by atoms with Crippen molar-refractivity contribution in [3.05, 3.63) is 65.7 Å². The minimum Gasteiger partial charge on any atom is -0.376 e. The van der Waals surface area contributed by atoms with Crippen LogP contribution in [0, 0.1) is 5.92 Å². The van der Waals surface area contributed by atoms with E-state index < -0.39 is 0 Å². The van der Waals surface area contributed by atoms with Crippen LogP contribution in [-0.2, 0) is 11.3 Å². The largest absolute Gasteiger partial charge is 0.376 e. The molecule has 5 heteroatoms. The Bertz CT molecular complexity index is 794. The Labute approximate surface area is 173 Å². The Balaban J connectivity index is 1.24. The summed E-state index contributed by atoms with van der Waals surface area (Å²) in [7, 11) is 0. The summed E-state index contributed by atoms with van der Waals surface area (Å²) in [6.45, 7) is 8.54. The zero-order valence-corrected chi connectivity index (χ0v) is 17.2. The fourth-order valence-corrected chi connectivity index (χ4v) is 4.27. The Kier molecular flexibility index (Phi) is 6.47. The molecule has 0 bridgehead atoms. The summed E-state index contributed by atoms with van der Waals surface area (Å²) in [5.41, 5.74) is 3.25. The van der Waals surface area contributed by atoms with Gasteiger partial charge in [0.05, 0.1) is 12.7 Å². The molecule has 5 nitrogen and oxygen atoms in total. The van der Waals surface area contributed by atoms with Crippen molar-refractivity contribution >= 4 is 11.6 Å². The predicted molar refractivity (Wildman–Crippen MR) is 116 cm³/mol. The first-order valence-corrected chi connectivity index (χ1v) is 10.7. The first kappa shape index (κ1) is 19.9. The molecule has 2 atom stereocenters. The molecule has 2 heterocycles. The number of amides is 1. The van der Waals surface area contributed by atoms with E-state index in [9.17, 15) is 4.79 Å². The number of nitrogens with one attached hydrogen (secondary N) is 1. The smallest absolute Gasteiger partial charge is 0.251 e. The Morgan fingerprint density at radius 2 is 1.86 bits per heavy atom. The van der Waals surface area contributed by atoms with Crippen molar-refractivity contribution < 1.29 is 9.53 Å². The van der Waals surface area contributed by atoms with E-state index in [1.165, 1.54) is 11.3 Å². The summed E-state index contributed by atoms with van der Waals surface area (Å²) >= 11 is 0. The number of morpholine rings is 1. The van der Waals surface area contributed by atoms with Crippen molar-refractivity contribution in [3.63, 3.8) is 0 Å². The van der Waals surface area contributed by atoms with Gasteiger partial charge in [0.1, 0.15) is 0 Å².